The highest BCUT2D eigenvalue weighted by molar-refractivity contribution is 5.90. The van der Waals surface area contributed by atoms with Crippen LogP contribution < -0.4 is 0 Å². The van der Waals surface area contributed by atoms with Crippen LogP contribution in [0.1, 0.15) is 48.9 Å². The third kappa shape index (κ3) is 3.28. The third-order valence-electron chi connectivity index (χ3n) is 5.71. The van der Waals surface area contributed by atoms with Crippen LogP contribution in [0.15, 0.2) is 28.8 Å². The summed E-state index contributed by atoms with van der Waals surface area (Å²) >= 11 is 0. The molecule has 148 valence electrons. The summed E-state index contributed by atoms with van der Waals surface area (Å²) in [7, 11) is 1.34. The predicted molar refractivity (Wildman–Crippen MR) is 96.2 cm³/mol. The molecular formula is C20H22N2O6. The maximum atomic E-state index is 11.7. The lowest BCUT2D eigenvalue weighted by Gasteiger charge is -2.50. The maximum Gasteiger partial charge on any atom is 0.337 e. The van der Waals surface area contributed by atoms with Gasteiger partial charge < -0.3 is 18.7 Å². The summed E-state index contributed by atoms with van der Waals surface area (Å²) in [5.41, 5.74) is 0.380. The van der Waals surface area contributed by atoms with Gasteiger partial charge in [0.2, 0.25) is 5.82 Å². The van der Waals surface area contributed by atoms with E-state index in [1.165, 1.54) is 14.0 Å². The van der Waals surface area contributed by atoms with Gasteiger partial charge in [0.05, 0.1) is 25.9 Å². The van der Waals surface area contributed by atoms with E-state index in [0.717, 1.165) is 25.7 Å². The molecule has 0 atom stereocenters. The highest BCUT2D eigenvalue weighted by Crippen LogP contribution is 2.53. The van der Waals surface area contributed by atoms with E-state index in [-0.39, 0.29) is 11.4 Å². The number of nitrogens with zero attached hydrogens (tertiary/aromatic N) is 2. The molecule has 2 bridgehead atoms. The van der Waals surface area contributed by atoms with Gasteiger partial charge in [-0.25, -0.2) is 4.79 Å². The summed E-state index contributed by atoms with van der Waals surface area (Å²) < 4.78 is 21.7. The van der Waals surface area contributed by atoms with E-state index >= 15 is 0 Å². The molecule has 2 aromatic rings. The highest BCUT2D eigenvalue weighted by atomic mass is 16.6. The van der Waals surface area contributed by atoms with Gasteiger partial charge in [-0.3, -0.25) is 4.79 Å². The van der Waals surface area contributed by atoms with Crippen molar-refractivity contribution in [1.82, 2.24) is 10.1 Å². The summed E-state index contributed by atoms with van der Waals surface area (Å²) in [5, 5.41) is 4.09. The van der Waals surface area contributed by atoms with Crippen LogP contribution >= 0.6 is 0 Å². The Morgan fingerprint density at radius 3 is 2.64 bits per heavy atom. The Morgan fingerprint density at radius 2 is 2.00 bits per heavy atom. The molecule has 5 rings (SSSR count). The summed E-state index contributed by atoms with van der Waals surface area (Å²) in [6.07, 6.45) is 3.21. The second-order valence-corrected chi connectivity index (χ2v) is 7.56. The van der Waals surface area contributed by atoms with Gasteiger partial charge in [-0.1, -0.05) is 17.3 Å². The van der Waals surface area contributed by atoms with Crippen LogP contribution in [0.2, 0.25) is 0 Å². The van der Waals surface area contributed by atoms with Crippen molar-refractivity contribution in [2.24, 2.45) is 5.41 Å². The van der Waals surface area contributed by atoms with E-state index in [0.29, 0.717) is 36.1 Å². The fraction of sp³-hybridized carbons (Fsp3) is 0.500. The molecule has 0 N–H and O–H groups in total. The molecule has 2 saturated heterocycles. The summed E-state index contributed by atoms with van der Waals surface area (Å²) in [4.78, 5) is 27.4. The van der Waals surface area contributed by atoms with Gasteiger partial charge in [0.15, 0.2) is 0 Å². The number of carbonyl (C=O) groups is 2. The van der Waals surface area contributed by atoms with Crippen LogP contribution in [0.4, 0.5) is 0 Å². The minimum absolute atomic E-state index is 0.120. The molecule has 1 aliphatic carbocycles. The first-order chi connectivity index (χ1) is 13.5. The van der Waals surface area contributed by atoms with E-state index in [9.17, 15) is 9.59 Å². The fourth-order valence-corrected chi connectivity index (χ4v) is 3.91. The molecule has 0 amide bonds. The van der Waals surface area contributed by atoms with Crippen LogP contribution in [0.3, 0.4) is 0 Å². The van der Waals surface area contributed by atoms with Crippen molar-refractivity contribution in [3.63, 3.8) is 0 Å². The van der Waals surface area contributed by atoms with Gasteiger partial charge in [0.25, 0.3) is 5.89 Å². The number of esters is 2. The molecule has 3 heterocycles. The van der Waals surface area contributed by atoms with Crippen molar-refractivity contribution in [3.8, 4) is 11.4 Å². The van der Waals surface area contributed by atoms with Crippen molar-refractivity contribution in [3.05, 3.63) is 35.7 Å². The molecule has 8 nitrogen and oxygen atoms in total. The van der Waals surface area contributed by atoms with E-state index in [4.69, 9.17) is 18.7 Å². The molecule has 1 saturated carbocycles. The molecule has 2 aliphatic heterocycles. The van der Waals surface area contributed by atoms with E-state index < -0.39 is 11.6 Å². The number of aromatic nitrogens is 2. The Balaban J connectivity index is 1.52. The average molecular weight is 386 g/mol. The van der Waals surface area contributed by atoms with Gasteiger partial charge in [-0.05, 0) is 37.8 Å². The lowest BCUT2D eigenvalue weighted by atomic mass is 9.66. The molecule has 1 aromatic carbocycles. The van der Waals surface area contributed by atoms with Crippen molar-refractivity contribution >= 4 is 11.9 Å². The fourth-order valence-electron chi connectivity index (χ4n) is 3.91. The zero-order valence-electron chi connectivity index (χ0n) is 15.9. The minimum Gasteiger partial charge on any atom is -0.465 e. The quantitative estimate of drug-likeness (QED) is 0.723. The Labute approximate surface area is 162 Å². The molecule has 3 aliphatic rings. The standard InChI is InChI=1S/C20H22N2O6/c1-13(23)26-11-19-6-8-20(9-7-19,27-12-19)18-21-16(22-28-18)14-4-3-5-15(10-14)17(24)25-2/h3-5,10H,6-9,11-12H2,1-2H3. The largest absolute Gasteiger partial charge is 0.465 e. The third-order valence-corrected chi connectivity index (χ3v) is 5.71. The van der Waals surface area contributed by atoms with Crippen LogP contribution in [0.5, 0.6) is 0 Å². The van der Waals surface area contributed by atoms with Gasteiger partial charge >= 0.3 is 11.9 Å². The summed E-state index contributed by atoms with van der Waals surface area (Å²) in [6.45, 7) is 2.30. The molecule has 8 heteroatoms. The molecule has 3 fully saturated rings. The second kappa shape index (κ2) is 7.01. The first kappa shape index (κ1) is 18.6. The lowest BCUT2D eigenvalue weighted by molar-refractivity contribution is -0.214. The topological polar surface area (TPSA) is 101 Å². The zero-order valence-corrected chi connectivity index (χ0v) is 15.9. The van der Waals surface area contributed by atoms with E-state index in [1.807, 2.05) is 6.07 Å². The summed E-state index contributed by atoms with van der Waals surface area (Å²) in [5.74, 6) is 0.163. The number of ether oxygens (including phenoxy) is 3. The van der Waals surface area contributed by atoms with Crippen LogP contribution in [-0.4, -0.2) is 42.4 Å². The zero-order chi connectivity index (χ0) is 19.8. The van der Waals surface area contributed by atoms with E-state index in [1.54, 1.807) is 18.2 Å². The Morgan fingerprint density at radius 1 is 1.21 bits per heavy atom. The number of methoxy groups -OCH3 is 1. The normalized spacial score (nSPS) is 26.1. The van der Waals surface area contributed by atoms with Gasteiger partial charge in [-0.2, -0.15) is 4.98 Å². The van der Waals surface area contributed by atoms with Crippen LogP contribution in [-0.2, 0) is 24.6 Å². The van der Waals surface area contributed by atoms with Crippen molar-refractivity contribution in [1.29, 1.82) is 0 Å². The number of rotatable bonds is 5. The smallest absolute Gasteiger partial charge is 0.337 e. The average Bonchev–Trinajstić information content (AvgIpc) is 3.24. The highest BCUT2D eigenvalue weighted by Gasteiger charge is 2.54. The monoisotopic (exact) mass is 386 g/mol. The lowest BCUT2D eigenvalue weighted by Crippen LogP contribution is -2.51. The predicted octanol–water partition coefficient (Wildman–Crippen LogP) is 2.87. The van der Waals surface area contributed by atoms with Crippen LogP contribution in [0, 0.1) is 5.41 Å². The molecule has 0 unspecified atom stereocenters. The van der Waals surface area contributed by atoms with E-state index in [2.05, 4.69) is 10.1 Å². The second-order valence-electron chi connectivity index (χ2n) is 7.56. The van der Waals surface area contributed by atoms with Gasteiger partial charge in [0.1, 0.15) is 5.60 Å². The number of carbonyl (C=O) groups excluding carboxylic acids is 2. The molecule has 0 spiro atoms. The Kier molecular flexibility index (Phi) is 4.66. The summed E-state index contributed by atoms with van der Waals surface area (Å²) in [6, 6.07) is 6.90. The Bertz CT molecular complexity index is 881. The first-order valence-corrected chi connectivity index (χ1v) is 9.26. The number of fused-ring (bicyclic) bond motifs is 3. The molecule has 0 radical (unpaired) electrons. The number of hydrogen-bond donors (Lipinski definition) is 0. The van der Waals surface area contributed by atoms with Crippen molar-refractivity contribution in [2.75, 3.05) is 20.3 Å². The number of benzene rings is 1. The molecule has 28 heavy (non-hydrogen) atoms. The van der Waals surface area contributed by atoms with Crippen molar-refractivity contribution in [2.45, 2.75) is 38.2 Å². The van der Waals surface area contributed by atoms with Gasteiger partial charge in [-0.15, -0.1) is 0 Å². The SMILES string of the molecule is COC(=O)c1cccc(-c2noc(C34CCC(COC(C)=O)(CC3)CO4)n2)c1. The number of hydrogen-bond acceptors (Lipinski definition) is 8. The minimum atomic E-state index is -0.594. The van der Waals surface area contributed by atoms with Crippen LogP contribution in [0.25, 0.3) is 11.4 Å². The van der Waals surface area contributed by atoms with Gasteiger partial charge in [0, 0.05) is 17.9 Å². The molecule has 1 aromatic heterocycles. The maximum absolute atomic E-state index is 11.7. The van der Waals surface area contributed by atoms with Crippen molar-refractivity contribution < 1.29 is 28.3 Å². The Hall–Kier alpha value is -2.74. The molecular weight excluding hydrogens is 364 g/mol. The first-order valence-electron chi connectivity index (χ1n) is 9.26.